The summed E-state index contributed by atoms with van der Waals surface area (Å²) in [6.45, 7) is 2.00. The number of carbonyl (C=O) groups is 1. The SMILES string of the molecule is COc1ccc(NC(=O)NC(Cc2ccccc2)c2nc(-c3cccc(C)c3)no2)c(OC)c1. The van der Waals surface area contributed by atoms with Crippen molar-refractivity contribution in [1.82, 2.24) is 15.5 Å². The number of rotatable bonds is 8. The predicted molar refractivity (Wildman–Crippen MR) is 129 cm³/mol. The summed E-state index contributed by atoms with van der Waals surface area (Å²) in [6, 6.07) is 21.8. The first-order chi connectivity index (χ1) is 16.6. The van der Waals surface area contributed by atoms with E-state index in [0.29, 0.717) is 35.3 Å². The summed E-state index contributed by atoms with van der Waals surface area (Å²) in [5, 5.41) is 9.91. The summed E-state index contributed by atoms with van der Waals surface area (Å²) in [7, 11) is 3.10. The van der Waals surface area contributed by atoms with Gasteiger partial charge in [-0.15, -0.1) is 0 Å². The maximum Gasteiger partial charge on any atom is 0.320 e. The Kier molecular flexibility index (Phi) is 7.07. The number of nitrogens with zero attached hydrogens (tertiary/aromatic N) is 2. The molecule has 2 N–H and O–H groups in total. The molecule has 0 fully saturated rings. The predicted octanol–water partition coefficient (Wildman–Crippen LogP) is 5.17. The summed E-state index contributed by atoms with van der Waals surface area (Å²) in [5.74, 6) is 1.89. The molecular formula is C26H26N4O4. The van der Waals surface area contributed by atoms with E-state index in [9.17, 15) is 4.79 Å². The largest absolute Gasteiger partial charge is 0.497 e. The van der Waals surface area contributed by atoms with Gasteiger partial charge in [-0.05, 0) is 30.7 Å². The zero-order valence-electron chi connectivity index (χ0n) is 19.2. The summed E-state index contributed by atoms with van der Waals surface area (Å²) < 4.78 is 16.2. The summed E-state index contributed by atoms with van der Waals surface area (Å²) in [6.07, 6.45) is 0.476. The van der Waals surface area contributed by atoms with Gasteiger partial charge in [-0.1, -0.05) is 59.3 Å². The topological polar surface area (TPSA) is 98.5 Å². The third kappa shape index (κ3) is 5.53. The number of methoxy groups -OCH3 is 2. The number of anilines is 1. The number of urea groups is 1. The summed E-state index contributed by atoms with van der Waals surface area (Å²) >= 11 is 0. The average Bonchev–Trinajstić information content (AvgIpc) is 3.35. The maximum atomic E-state index is 12.9. The second-order valence-electron chi connectivity index (χ2n) is 7.73. The van der Waals surface area contributed by atoms with Crippen molar-refractivity contribution >= 4 is 11.7 Å². The van der Waals surface area contributed by atoms with Crippen molar-refractivity contribution < 1.29 is 18.8 Å². The zero-order chi connectivity index (χ0) is 23.9. The van der Waals surface area contributed by atoms with E-state index in [1.54, 1.807) is 25.3 Å². The molecule has 4 rings (SSSR count). The Morgan fingerprint density at radius 1 is 1.00 bits per heavy atom. The van der Waals surface area contributed by atoms with E-state index in [4.69, 9.17) is 14.0 Å². The monoisotopic (exact) mass is 458 g/mol. The first kappa shape index (κ1) is 22.8. The lowest BCUT2D eigenvalue weighted by Gasteiger charge is -2.17. The van der Waals surface area contributed by atoms with Crippen LogP contribution in [0.1, 0.15) is 23.1 Å². The van der Waals surface area contributed by atoms with Crippen LogP contribution in [0.3, 0.4) is 0 Å². The van der Waals surface area contributed by atoms with Crippen LogP contribution < -0.4 is 20.1 Å². The van der Waals surface area contributed by atoms with Gasteiger partial charge in [0.05, 0.1) is 19.9 Å². The van der Waals surface area contributed by atoms with Gasteiger partial charge in [-0.3, -0.25) is 0 Å². The summed E-state index contributed by atoms with van der Waals surface area (Å²) in [4.78, 5) is 17.5. The van der Waals surface area contributed by atoms with E-state index in [0.717, 1.165) is 16.7 Å². The molecule has 0 aliphatic heterocycles. The number of hydrogen-bond donors (Lipinski definition) is 2. The molecule has 0 bridgehead atoms. The standard InChI is InChI=1S/C26H26N4O4/c1-17-8-7-11-19(14-17)24-29-25(34-30-24)22(15-18-9-5-4-6-10-18)28-26(31)27-21-13-12-20(32-2)16-23(21)33-3/h4-14,16,22H,15H2,1-3H3,(H2,27,28,31). The van der Waals surface area contributed by atoms with Gasteiger partial charge in [0.2, 0.25) is 11.7 Å². The number of amides is 2. The number of benzene rings is 3. The minimum atomic E-state index is -0.544. The first-order valence-electron chi connectivity index (χ1n) is 10.8. The van der Waals surface area contributed by atoms with Crippen LogP contribution in [-0.2, 0) is 6.42 Å². The Balaban J connectivity index is 1.56. The molecule has 3 aromatic carbocycles. The number of aromatic nitrogens is 2. The summed E-state index contributed by atoms with van der Waals surface area (Å²) in [5.41, 5.74) is 3.46. The van der Waals surface area contributed by atoms with Gasteiger partial charge in [-0.25, -0.2) is 4.79 Å². The highest BCUT2D eigenvalue weighted by Crippen LogP contribution is 2.29. The molecule has 0 aliphatic rings. The number of aryl methyl sites for hydroxylation is 1. The lowest BCUT2D eigenvalue weighted by atomic mass is 10.1. The lowest BCUT2D eigenvalue weighted by molar-refractivity contribution is 0.243. The van der Waals surface area contributed by atoms with Gasteiger partial charge in [0, 0.05) is 18.1 Å². The van der Waals surface area contributed by atoms with Crippen LogP contribution >= 0.6 is 0 Å². The second-order valence-corrected chi connectivity index (χ2v) is 7.73. The second kappa shape index (κ2) is 10.5. The van der Waals surface area contributed by atoms with E-state index < -0.39 is 12.1 Å². The fourth-order valence-electron chi connectivity index (χ4n) is 3.55. The van der Waals surface area contributed by atoms with Crippen LogP contribution in [-0.4, -0.2) is 30.4 Å². The molecule has 0 saturated carbocycles. The van der Waals surface area contributed by atoms with Crippen molar-refractivity contribution in [3.05, 3.63) is 89.8 Å². The van der Waals surface area contributed by atoms with Crippen LogP contribution in [0.2, 0.25) is 0 Å². The molecule has 174 valence electrons. The van der Waals surface area contributed by atoms with Gasteiger partial charge in [0.15, 0.2) is 0 Å². The Hall–Kier alpha value is -4.33. The molecule has 34 heavy (non-hydrogen) atoms. The molecule has 8 heteroatoms. The van der Waals surface area contributed by atoms with E-state index >= 15 is 0 Å². The Morgan fingerprint density at radius 2 is 1.82 bits per heavy atom. The molecule has 1 heterocycles. The van der Waals surface area contributed by atoms with Gasteiger partial charge in [-0.2, -0.15) is 4.98 Å². The van der Waals surface area contributed by atoms with E-state index in [1.807, 2.05) is 61.5 Å². The fourth-order valence-corrected chi connectivity index (χ4v) is 3.55. The highest BCUT2D eigenvalue weighted by atomic mass is 16.5. The van der Waals surface area contributed by atoms with E-state index in [-0.39, 0.29) is 0 Å². The van der Waals surface area contributed by atoms with Crippen LogP contribution in [0.25, 0.3) is 11.4 Å². The van der Waals surface area contributed by atoms with Crippen molar-refractivity contribution in [1.29, 1.82) is 0 Å². The number of hydrogen-bond acceptors (Lipinski definition) is 6. The number of nitrogens with one attached hydrogen (secondary N) is 2. The molecule has 1 atom stereocenters. The van der Waals surface area contributed by atoms with Crippen LogP contribution in [0, 0.1) is 6.92 Å². The van der Waals surface area contributed by atoms with Crippen LogP contribution in [0.15, 0.2) is 77.3 Å². The Bertz CT molecular complexity index is 1260. The Morgan fingerprint density at radius 3 is 2.56 bits per heavy atom. The highest BCUT2D eigenvalue weighted by Gasteiger charge is 2.23. The maximum absolute atomic E-state index is 12.9. The lowest BCUT2D eigenvalue weighted by Crippen LogP contribution is -2.34. The minimum absolute atomic E-state index is 0.317. The number of ether oxygens (including phenoxy) is 2. The third-order valence-corrected chi connectivity index (χ3v) is 5.26. The highest BCUT2D eigenvalue weighted by molar-refractivity contribution is 5.91. The van der Waals surface area contributed by atoms with Gasteiger partial charge >= 0.3 is 6.03 Å². The quantitative estimate of drug-likeness (QED) is 0.378. The minimum Gasteiger partial charge on any atom is -0.497 e. The van der Waals surface area contributed by atoms with Crippen LogP contribution in [0.4, 0.5) is 10.5 Å². The molecule has 8 nitrogen and oxygen atoms in total. The van der Waals surface area contributed by atoms with Crippen LogP contribution in [0.5, 0.6) is 11.5 Å². The van der Waals surface area contributed by atoms with Gasteiger partial charge in [0.25, 0.3) is 0 Å². The van der Waals surface area contributed by atoms with Gasteiger partial charge < -0.3 is 24.6 Å². The fraction of sp³-hybridized carbons (Fsp3) is 0.192. The van der Waals surface area contributed by atoms with Crippen molar-refractivity contribution in [3.8, 4) is 22.9 Å². The van der Waals surface area contributed by atoms with Crippen molar-refractivity contribution in [2.75, 3.05) is 19.5 Å². The molecule has 0 spiro atoms. The molecule has 0 aliphatic carbocycles. The molecule has 1 unspecified atom stereocenters. The van der Waals surface area contributed by atoms with E-state index in [1.165, 1.54) is 7.11 Å². The number of carbonyl (C=O) groups excluding carboxylic acids is 1. The molecule has 0 saturated heterocycles. The smallest absolute Gasteiger partial charge is 0.320 e. The molecule has 4 aromatic rings. The van der Waals surface area contributed by atoms with Gasteiger partial charge in [0.1, 0.15) is 17.5 Å². The van der Waals surface area contributed by atoms with E-state index in [2.05, 4.69) is 20.8 Å². The molecule has 1 aromatic heterocycles. The normalized spacial score (nSPS) is 11.5. The third-order valence-electron chi connectivity index (χ3n) is 5.26. The Labute approximate surface area is 197 Å². The van der Waals surface area contributed by atoms with Crippen molar-refractivity contribution in [3.63, 3.8) is 0 Å². The van der Waals surface area contributed by atoms with Crippen molar-refractivity contribution in [2.45, 2.75) is 19.4 Å². The molecule has 0 radical (unpaired) electrons. The van der Waals surface area contributed by atoms with Crippen molar-refractivity contribution in [2.24, 2.45) is 0 Å². The molecule has 2 amide bonds. The zero-order valence-corrected chi connectivity index (χ0v) is 19.2. The molecular weight excluding hydrogens is 432 g/mol. The average molecular weight is 459 g/mol. The first-order valence-corrected chi connectivity index (χ1v) is 10.8.